The van der Waals surface area contributed by atoms with Gasteiger partial charge in [0.25, 0.3) is 0 Å². The van der Waals surface area contributed by atoms with Crippen molar-refractivity contribution in [2.24, 2.45) is 0 Å². The minimum atomic E-state index is 0.143. The molecule has 1 saturated heterocycles. The normalized spacial score (nSPS) is 18.0. The molecule has 25 heavy (non-hydrogen) atoms. The molecule has 0 saturated carbocycles. The lowest BCUT2D eigenvalue weighted by molar-refractivity contribution is -0.131. The van der Waals surface area contributed by atoms with Crippen LogP contribution in [-0.2, 0) is 11.3 Å². The maximum absolute atomic E-state index is 12.5. The van der Waals surface area contributed by atoms with E-state index in [9.17, 15) is 4.79 Å². The van der Waals surface area contributed by atoms with Crippen molar-refractivity contribution in [3.8, 4) is 11.4 Å². The second kappa shape index (κ2) is 7.71. The van der Waals surface area contributed by atoms with E-state index in [0.29, 0.717) is 25.0 Å². The van der Waals surface area contributed by atoms with Crippen LogP contribution in [0.1, 0.15) is 12.0 Å². The van der Waals surface area contributed by atoms with Crippen LogP contribution in [0.2, 0.25) is 0 Å². The van der Waals surface area contributed by atoms with Crippen LogP contribution in [0.25, 0.3) is 11.4 Å². The number of hydrogen-bond donors (Lipinski definition) is 1. The smallest absolute Gasteiger partial charge is 0.236 e. The summed E-state index contributed by atoms with van der Waals surface area (Å²) in [5.74, 6) is 0.701. The fourth-order valence-corrected chi connectivity index (χ4v) is 3.14. The SMILES string of the molecule is CN(Cc1cccc(-c2nn[nH]n2)c1)C(=O)CN1CC[C@H](N(C)C)C1. The number of H-pyrrole nitrogens is 1. The Balaban J connectivity index is 1.56. The molecule has 0 aliphatic carbocycles. The molecule has 1 fully saturated rings. The van der Waals surface area contributed by atoms with E-state index >= 15 is 0 Å². The molecule has 1 amide bonds. The molecule has 1 atom stereocenters. The number of carbonyl (C=O) groups is 1. The van der Waals surface area contributed by atoms with Crippen LogP contribution >= 0.6 is 0 Å². The number of aromatic nitrogens is 4. The van der Waals surface area contributed by atoms with Gasteiger partial charge >= 0.3 is 0 Å². The van der Waals surface area contributed by atoms with E-state index in [2.05, 4.69) is 44.5 Å². The van der Waals surface area contributed by atoms with E-state index in [4.69, 9.17) is 0 Å². The quantitative estimate of drug-likeness (QED) is 0.821. The van der Waals surface area contributed by atoms with Crippen molar-refractivity contribution >= 4 is 5.91 Å². The minimum absolute atomic E-state index is 0.143. The number of likely N-dealkylation sites (N-methyl/N-ethyl adjacent to an activating group) is 2. The summed E-state index contributed by atoms with van der Waals surface area (Å²) in [7, 11) is 6.04. The molecule has 1 N–H and O–H groups in total. The van der Waals surface area contributed by atoms with Crippen molar-refractivity contribution < 1.29 is 4.79 Å². The maximum Gasteiger partial charge on any atom is 0.236 e. The standard InChI is InChI=1S/C17H25N7O/c1-22(2)15-7-8-24(11-15)12-16(25)23(3)10-13-5-4-6-14(9-13)17-18-20-21-19-17/h4-6,9,15H,7-8,10-12H2,1-3H3,(H,18,19,20,21)/t15-/m0/s1. The predicted molar refractivity (Wildman–Crippen MR) is 94.6 cm³/mol. The lowest BCUT2D eigenvalue weighted by Crippen LogP contribution is -2.38. The fraction of sp³-hybridized carbons (Fsp3) is 0.529. The van der Waals surface area contributed by atoms with Gasteiger partial charge in [0.05, 0.1) is 6.54 Å². The molecule has 0 radical (unpaired) electrons. The Morgan fingerprint density at radius 3 is 2.88 bits per heavy atom. The first-order chi connectivity index (χ1) is 12.0. The number of nitrogens with zero attached hydrogens (tertiary/aromatic N) is 6. The lowest BCUT2D eigenvalue weighted by atomic mass is 10.1. The Labute approximate surface area is 147 Å². The zero-order valence-electron chi connectivity index (χ0n) is 15.0. The third-order valence-corrected chi connectivity index (χ3v) is 4.71. The van der Waals surface area contributed by atoms with Gasteiger partial charge in [0, 0.05) is 38.3 Å². The topological polar surface area (TPSA) is 81.2 Å². The predicted octanol–water partition coefficient (Wildman–Crippen LogP) is 0.461. The van der Waals surface area contributed by atoms with Crippen molar-refractivity contribution in [3.05, 3.63) is 29.8 Å². The molecule has 8 nitrogen and oxygen atoms in total. The van der Waals surface area contributed by atoms with Crippen molar-refractivity contribution in [1.82, 2.24) is 35.3 Å². The molecule has 2 aromatic rings. The maximum atomic E-state index is 12.5. The van der Waals surface area contributed by atoms with Crippen LogP contribution in [0.15, 0.2) is 24.3 Å². The molecule has 1 aromatic heterocycles. The molecule has 0 bridgehead atoms. The summed E-state index contributed by atoms with van der Waals surface area (Å²) in [6.07, 6.45) is 1.12. The van der Waals surface area contributed by atoms with Gasteiger partial charge in [0.2, 0.25) is 11.7 Å². The average Bonchev–Trinajstić information content (AvgIpc) is 3.27. The van der Waals surface area contributed by atoms with Gasteiger partial charge in [-0.1, -0.05) is 18.2 Å². The Bertz CT molecular complexity index is 701. The van der Waals surface area contributed by atoms with Crippen molar-refractivity contribution in [2.45, 2.75) is 19.0 Å². The lowest BCUT2D eigenvalue weighted by Gasteiger charge is -2.23. The van der Waals surface area contributed by atoms with Gasteiger partial charge in [-0.2, -0.15) is 5.21 Å². The monoisotopic (exact) mass is 343 g/mol. The number of benzene rings is 1. The minimum Gasteiger partial charge on any atom is -0.340 e. The summed E-state index contributed by atoms with van der Waals surface area (Å²) >= 11 is 0. The number of likely N-dealkylation sites (tertiary alicyclic amines) is 1. The number of amides is 1. The van der Waals surface area contributed by atoms with Crippen LogP contribution in [-0.4, -0.2) is 88.1 Å². The Kier molecular flexibility index (Phi) is 5.40. The van der Waals surface area contributed by atoms with E-state index in [1.165, 1.54) is 0 Å². The van der Waals surface area contributed by atoms with Crippen LogP contribution in [0.5, 0.6) is 0 Å². The van der Waals surface area contributed by atoms with E-state index < -0.39 is 0 Å². The van der Waals surface area contributed by atoms with Gasteiger partial charge in [0.15, 0.2) is 0 Å². The van der Waals surface area contributed by atoms with Crippen LogP contribution in [0.4, 0.5) is 0 Å². The first kappa shape index (κ1) is 17.5. The zero-order chi connectivity index (χ0) is 17.8. The Morgan fingerprint density at radius 2 is 2.20 bits per heavy atom. The summed E-state index contributed by atoms with van der Waals surface area (Å²) < 4.78 is 0. The summed E-state index contributed by atoms with van der Waals surface area (Å²) in [5.41, 5.74) is 1.94. The molecular weight excluding hydrogens is 318 g/mol. The molecule has 1 aliphatic rings. The molecule has 134 valence electrons. The number of rotatable bonds is 6. The Morgan fingerprint density at radius 1 is 1.36 bits per heavy atom. The first-order valence-corrected chi connectivity index (χ1v) is 8.48. The van der Waals surface area contributed by atoms with Crippen LogP contribution in [0, 0.1) is 0 Å². The molecule has 0 unspecified atom stereocenters. The molecule has 0 spiro atoms. The number of nitrogens with one attached hydrogen (secondary N) is 1. The molecular formula is C17H25N7O. The highest BCUT2D eigenvalue weighted by molar-refractivity contribution is 5.78. The zero-order valence-corrected chi connectivity index (χ0v) is 15.0. The molecule has 2 heterocycles. The largest absolute Gasteiger partial charge is 0.340 e. The summed E-state index contributed by atoms with van der Waals surface area (Å²) in [6, 6.07) is 8.42. The summed E-state index contributed by atoms with van der Waals surface area (Å²) in [6.45, 7) is 2.98. The highest BCUT2D eigenvalue weighted by Gasteiger charge is 2.26. The van der Waals surface area contributed by atoms with E-state index in [1.54, 1.807) is 4.90 Å². The van der Waals surface area contributed by atoms with Gasteiger partial charge in [-0.15, -0.1) is 10.2 Å². The molecule has 1 aliphatic heterocycles. The van der Waals surface area contributed by atoms with Gasteiger partial charge in [-0.05, 0) is 37.4 Å². The average molecular weight is 343 g/mol. The van der Waals surface area contributed by atoms with Crippen molar-refractivity contribution in [1.29, 1.82) is 0 Å². The third kappa shape index (κ3) is 4.40. The number of aromatic amines is 1. The van der Waals surface area contributed by atoms with Crippen LogP contribution in [0.3, 0.4) is 0 Å². The molecule has 1 aromatic carbocycles. The van der Waals surface area contributed by atoms with Gasteiger partial charge in [0.1, 0.15) is 0 Å². The van der Waals surface area contributed by atoms with Crippen molar-refractivity contribution in [2.75, 3.05) is 40.8 Å². The summed E-state index contributed by atoms with van der Waals surface area (Å²) in [4.78, 5) is 18.8. The van der Waals surface area contributed by atoms with Gasteiger partial charge < -0.3 is 9.80 Å². The van der Waals surface area contributed by atoms with Crippen LogP contribution < -0.4 is 0 Å². The first-order valence-electron chi connectivity index (χ1n) is 8.48. The van der Waals surface area contributed by atoms with E-state index in [-0.39, 0.29) is 5.91 Å². The second-order valence-electron chi connectivity index (χ2n) is 6.83. The summed E-state index contributed by atoms with van der Waals surface area (Å²) in [5, 5.41) is 14.0. The second-order valence-corrected chi connectivity index (χ2v) is 6.83. The molecule has 8 heteroatoms. The number of carbonyl (C=O) groups excluding carboxylic acids is 1. The van der Waals surface area contributed by atoms with Gasteiger partial charge in [-0.3, -0.25) is 9.69 Å². The number of hydrogen-bond acceptors (Lipinski definition) is 6. The fourth-order valence-electron chi connectivity index (χ4n) is 3.14. The molecule has 3 rings (SSSR count). The van der Waals surface area contributed by atoms with Crippen molar-refractivity contribution in [3.63, 3.8) is 0 Å². The highest BCUT2D eigenvalue weighted by Crippen LogP contribution is 2.17. The van der Waals surface area contributed by atoms with E-state index in [1.807, 2.05) is 31.3 Å². The third-order valence-electron chi connectivity index (χ3n) is 4.71. The highest BCUT2D eigenvalue weighted by atomic mass is 16.2. The van der Waals surface area contributed by atoms with Gasteiger partial charge in [-0.25, -0.2) is 0 Å². The Hall–Kier alpha value is -2.32. The number of tetrazole rings is 1. The van der Waals surface area contributed by atoms with E-state index in [0.717, 1.165) is 30.6 Å².